The van der Waals surface area contributed by atoms with Crippen LogP contribution < -0.4 is 5.32 Å². The van der Waals surface area contributed by atoms with Gasteiger partial charge in [-0.3, -0.25) is 4.79 Å². The van der Waals surface area contributed by atoms with Gasteiger partial charge in [0.1, 0.15) is 0 Å². The molecular weight excluding hydrogens is 250 g/mol. The van der Waals surface area contributed by atoms with Gasteiger partial charge in [0.15, 0.2) is 0 Å². The zero-order valence-corrected chi connectivity index (χ0v) is 11.5. The van der Waals surface area contributed by atoms with Crippen LogP contribution in [0.5, 0.6) is 0 Å². The molecule has 0 aliphatic rings. The Labute approximate surface area is 119 Å². The number of aliphatic hydroxyl groups is 1. The predicted molar refractivity (Wildman–Crippen MR) is 79.2 cm³/mol. The van der Waals surface area contributed by atoms with Crippen LogP contribution in [-0.2, 0) is 11.2 Å². The van der Waals surface area contributed by atoms with Crippen molar-refractivity contribution in [3.8, 4) is 0 Å². The lowest BCUT2D eigenvalue weighted by Crippen LogP contribution is -2.37. The van der Waals surface area contributed by atoms with E-state index in [4.69, 9.17) is 0 Å². The van der Waals surface area contributed by atoms with E-state index in [1.807, 2.05) is 60.7 Å². The summed E-state index contributed by atoms with van der Waals surface area (Å²) in [5.74, 6) is -0.0846. The first-order valence-corrected chi connectivity index (χ1v) is 6.73. The first-order chi connectivity index (χ1) is 9.66. The Bertz CT molecular complexity index is 539. The molecule has 104 valence electrons. The summed E-state index contributed by atoms with van der Waals surface area (Å²) in [6, 6.07) is 18.6. The monoisotopic (exact) mass is 269 g/mol. The maximum absolute atomic E-state index is 11.9. The Hall–Kier alpha value is -2.13. The van der Waals surface area contributed by atoms with E-state index in [9.17, 15) is 9.90 Å². The summed E-state index contributed by atoms with van der Waals surface area (Å²) in [4.78, 5) is 11.9. The molecule has 2 atom stereocenters. The average Bonchev–Trinajstić information content (AvgIpc) is 2.48. The van der Waals surface area contributed by atoms with E-state index in [0.717, 1.165) is 11.1 Å². The maximum Gasteiger partial charge on any atom is 0.224 e. The van der Waals surface area contributed by atoms with Gasteiger partial charge in [0.2, 0.25) is 5.91 Å². The zero-order valence-electron chi connectivity index (χ0n) is 11.5. The van der Waals surface area contributed by atoms with Crippen LogP contribution in [0, 0.1) is 0 Å². The van der Waals surface area contributed by atoms with Gasteiger partial charge in [-0.05, 0) is 18.1 Å². The van der Waals surface area contributed by atoms with Crippen LogP contribution in [0.2, 0.25) is 0 Å². The molecule has 2 rings (SSSR count). The first-order valence-electron chi connectivity index (χ1n) is 6.73. The highest BCUT2D eigenvalue weighted by molar-refractivity contribution is 5.78. The van der Waals surface area contributed by atoms with E-state index >= 15 is 0 Å². The molecule has 0 bridgehead atoms. The van der Waals surface area contributed by atoms with Gasteiger partial charge < -0.3 is 10.4 Å². The number of amides is 1. The molecule has 0 radical (unpaired) electrons. The van der Waals surface area contributed by atoms with Crippen molar-refractivity contribution in [2.75, 3.05) is 0 Å². The first kappa shape index (κ1) is 14.3. The summed E-state index contributed by atoms with van der Waals surface area (Å²) >= 11 is 0. The number of hydrogen-bond acceptors (Lipinski definition) is 2. The van der Waals surface area contributed by atoms with Gasteiger partial charge in [-0.25, -0.2) is 0 Å². The predicted octanol–water partition coefficient (Wildman–Crippen LogP) is 2.47. The van der Waals surface area contributed by atoms with Gasteiger partial charge >= 0.3 is 0 Å². The quantitative estimate of drug-likeness (QED) is 0.876. The number of carbonyl (C=O) groups is 1. The van der Waals surface area contributed by atoms with Crippen molar-refractivity contribution >= 4 is 5.91 Å². The lowest BCUT2D eigenvalue weighted by atomic mass is 10.0. The molecule has 0 saturated heterocycles. The third-order valence-corrected chi connectivity index (χ3v) is 3.21. The molecule has 2 aromatic rings. The summed E-state index contributed by atoms with van der Waals surface area (Å²) in [6.07, 6.45) is -0.372. The van der Waals surface area contributed by atoms with Crippen molar-refractivity contribution in [1.29, 1.82) is 0 Å². The normalized spacial score (nSPS) is 13.5. The Kier molecular flexibility index (Phi) is 4.91. The van der Waals surface area contributed by atoms with E-state index in [1.165, 1.54) is 0 Å². The summed E-state index contributed by atoms with van der Waals surface area (Å²) in [5, 5.41) is 13.0. The van der Waals surface area contributed by atoms with E-state index in [0.29, 0.717) is 6.42 Å². The summed E-state index contributed by atoms with van der Waals surface area (Å²) in [7, 11) is 0. The third kappa shape index (κ3) is 3.93. The summed E-state index contributed by atoms with van der Waals surface area (Å²) < 4.78 is 0. The minimum absolute atomic E-state index is 0.0846. The van der Waals surface area contributed by atoms with Crippen LogP contribution in [0.25, 0.3) is 0 Å². The Morgan fingerprint density at radius 1 is 1.05 bits per heavy atom. The van der Waals surface area contributed by atoms with Gasteiger partial charge in [0.25, 0.3) is 0 Å². The fraction of sp³-hybridized carbons (Fsp3) is 0.235. The topological polar surface area (TPSA) is 49.3 Å². The Morgan fingerprint density at radius 2 is 1.60 bits per heavy atom. The number of aliphatic hydroxyl groups excluding tert-OH is 1. The Morgan fingerprint density at radius 3 is 2.20 bits per heavy atom. The maximum atomic E-state index is 11.9. The number of hydrogen-bond donors (Lipinski definition) is 2. The molecule has 0 heterocycles. The molecule has 0 aliphatic carbocycles. The highest BCUT2D eigenvalue weighted by atomic mass is 16.3. The molecule has 2 aromatic carbocycles. The molecule has 0 aliphatic heterocycles. The van der Waals surface area contributed by atoms with Crippen LogP contribution in [0.4, 0.5) is 0 Å². The van der Waals surface area contributed by atoms with Crippen LogP contribution in [0.3, 0.4) is 0 Å². The molecule has 20 heavy (non-hydrogen) atoms. The van der Waals surface area contributed by atoms with Crippen molar-refractivity contribution < 1.29 is 9.90 Å². The van der Waals surface area contributed by atoms with Gasteiger partial charge in [-0.1, -0.05) is 60.7 Å². The fourth-order valence-corrected chi connectivity index (χ4v) is 2.10. The van der Waals surface area contributed by atoms with Crippen LogP contribution in [0.15, 0.2) is 60.7 Å². The lowest BCUT2D eigenvalue weighted by molar-refractivity contribution is -0.121. The van der Waals surface area contributed by atoms with Gasteiger partial charge in [-0.2, -0.15) is 0 Å². The molecule has 0 fully saturated rings. The molecule has 3 nitrogen and oxygen atoms in total. The number of carbonyl (C=O) groups excluding carboxylic acids is 1. The van der Waals surface area contributed by atoms with Crippen LogP contribution >= 0.6 is 0 Å². The van der Waals surface area contributed by atoms with Gasteiger partial charge in [0, 0.05) is 0 Å². The van der Waals surface area contributed by atoms with Crippen molar-refractivity contribution in [3.63, 3.8) is 0 Å². The number of benzene rings is 2. The highest BCUT2D eigenvalue weighted by Crippen LogP contribution is 2.16. The van der Waals surface area contributed by atoms with Crippen LogP contribution in [0.1, 0.15) is 24.2 Å². The standard InChI is InChI=1S/C17H19NO2/c1-13(17(20)15-10-6-3-7-11-15)18-16(19)12-14-8-4-2-5-9-14/h2-11,13,17,20H,12H2,1H3,(H,18,19)/t13-,17+/m0/s1. The van der Waals surface area contributed by atoms with Crippen LogP contribution in [-0.4, -0.2) is 17.1 Å². The molecule has 1 amide bonds. The number of nitrogens with one attached hydrogen (secondary N) is 1. The second kappa shape index (κ2) is 6.87. The summed E-state index contributed by atoms with van der Waals surface area (Å²) in [6.45, 7) is 1.81. The zero-order chi connectivity index (χ0) is 14.4. The van der Waals surface area contributed by atoms with E-state index < -0.39 is 6.10 Å². The van der Waals surface area contributed by atoms with Crippen molar-refractivity contribution in [1.82, 2.24) is 5.32 Å². The minimum atomic E-state index is -0.698. The number of rotatable bonds is 5. The molecule has 0 spiro atoms. The molecule has 0 saturated carbocycles. The van der Waals surface area contributed by atoms with Gasteiger partial charge in [-0.15, -0.1) is 0 Å². The van der Waals surface area contributed by atoms with Crippen molar-refractivity contribution in [3.05, 3.63) is 71.8 Å². The fourth-order valence-electron chi connectivity index (χ4n) is 2.10. The van der Waals surface area contributed by atoms with Gasteiger partial charge in [0.05, 0.1) is 18.6 Å². The second-order valence-corrected chi connectivity index (χ2v) is 4.87. The third-order valence-electron chi connectivity index (χ3n) is 3.21. The molecule has 2 N–H and O–H groups in total. The van der Waals surface area contributed by atoms with Crippen molar-refractivity contribution in [2.45, 2.75) is 25.5 Å². The molecule has 0 unspecified atom stereocenters. The molecular formula is C17H19NO2. The van der Waals surface area contributed by atoms with E-state index in [-0.39, 0.29) is 11.9 Å². The Balaban J connectivity index is 1.91. The minimum Gasteiger partial charge on any atom is -0.386 e. The smallest absolute Gasteiger partial charge is 0.224 e. The molecule has 3 heteroatoms. The van der Waals surface area contributed by atoms with E-state index in [1.54, 1.807) is 6.92 Å². The average molecular weight is 269 g/mol. The lowest BCUT2D eigenvalue weighted by Gasteiger charge is -2.20. The SMILES string of the molecule is C[C@H](NC(=O)Cc1ccccc1)[C@@H](O)c1ccccc1. The van der Waals surface area contributed by atoms with E-state index in [2.05, 4.69) is 5.32 Å². The second-order valence-electron chi connectivity index (χ2n) is 4.87. The largest absolute Gasteiger partial charge is 0.386 e. The van der Waals surface area contributed by atoms with Crippen molar-refractivity contribution in [2.24, 2.45) is 0 Å². The highest BCUT2D eigenvalue weighted by Gasteiger charge is 2.18. The summed E-state index contributed by atoms with van der Waals surface area (Å²) in [5.41, 5.74) is 1.77. The molecule has 0 aromatic heterocycles.